The standard InChI is InChI=1S/C18H26N6O8/c19-10(5-14(26)27)17(30)24-3-1-2-13(24)16(29)23-12(7-25)15(28)22-11(18(31)32)4-9-6-20-8-21-9/h6,8,10-13,25H,1-5,7,19H2,(H,20,21)(H,22,28)(H,23,29)(H,26,27)(H,31,32). The Hall–Kier alpha value is -3.52. The van der Waals surface area contributed by atoms with E-state index in [0.717, 1.165) is 4.90 Å². The number of nitrogens with one attached hydrogen (secondary N) is 3. The Labute approximate surface area is 182 Å². The number of carboxylic acids is 2. The molecule has 14 nitrogen and oxygen atoms in total. The van der Waals surface area contributed by atoms with Crippen molar-refractivity contribution in [2.24, 2.45) is 5.73 Å². The minimum atomic E-state index is -1.46. The first-order valence-corrected chi connectivity index (χ1v) is 9.83. The van der Waals surface area contributed by atoms with Gasteiger partial charge in [-0.2, -0.15) is 0 Å². The molecule has 0 saturated carbocycles. The Morgan fingerprint density at radius 2 is 1.94 bits per heavy atom. The normalized spacial score (nSPS) is 18.4. The fraction of sp³-hybridized carbons (Fsp3) is 0.556. The summed E-state index contributed by atoms with van der Waals surface area (Å²) in [5.74, 6) is -4.96. The molecule has 1 aliphatic rings. The molecule has 0 aliphatic carbocycles. The monoisotopic (exact) mass is 454 g/mol. The number of aliphatic hydroxyl groups is 1. The SMILES string of the molecule is NC(CC(=O)O)C(=O)N1CCCC1C(=O)NC(CO)C(=O)NC(Cc1cnc[nH]1)C(=O)O. The van der Waals surface area contributed by atoms with Gasteiger partial charge in [0.05, 0.1) is 25.4 Å². The van der Waals surface area contributed by atoms with E-state index in [0.29, 0.717) is 12.1 Å². The minimum absolute atomic E-state index is 0.0977. The van der Waals surface area contributed by atoms with E-state index in [4.69, 9.17) is 10.8 Å². The third-order valence-electron chi connectivity index (χ3n) is 4.96. The van der Waals surface area contributed by atoms with Gasteiger partial charge in [-0.05, 0) is 12.8 Å². The topological polar surface area (TPSA) is 228 Å². The van der Waals surface area contributed by atoms with Gasteiger partial charge in [0, 0.05) is 24.9 Å². The molecule has 0 bridgehead atoms. The molecule has 1 fully saturated rings. The summed E-state index contributed by atoms with van der Waals surface area (Å²) in [5.41, 5.74) is 6.06. The van der Waals surface area contributed by atoms with Gasteiger partial charge in [0.15, 0.2) is 0 Å². The van der Waals surface area contributed by atoms with Crippen LogP contribution in [0.2, 0.25) is 0 Å². The lowest BCUT2D eigenvalue weighted by Crippen LogP contribution is -2.58. The third kappa shape index (κ3) is 6.49. The Bertz CT molecular complexity index is 845. The number of H-pyrrole nitrogens is 1. The van der Waals surface area contributed by atoms with Gasteiger partial charge < -0.3 is 41.6 Å². The van der Waals surface area contributed by atoms with Crippen molar-refractivity contribution < 1.29 is 39.3 Å². The van der Waals surface area contributed by atoms with Crippen molar-refractivity contribution >= 4 is 29.7 Å². The molecule has 0 spiro atoms. The third-order valence-corrected chi connectivity index (χ3v) is 4.96. The van der Waals surface area contributed by atoms with Crippen LogP contribution < -0.4 is 16.4 Å². The number of hydrogen-bond acceptors (Lipinski definition) is 8. The fourth-order valence-electron chi connectivity index (χ4n) is 3.34. The van der Waals surface area contributed by atoms with Crippen LogP contribution in [0.4, 0.5) is 0 Å². The van der Waals surface area contributed by atoms with Crippen molar-refractivity contribution in [3.8, 4) is 0 Å². The molecule has 176 valence electrons. The largest absolute Gasteiger partial charge is 0.481 e. The highest BCUT2D eigenvalue weighted by Crippen LogP contribution is 2.19. The Morgan fingerprint density at radius 3 is 2.50 bits per heavy atom. The van der Waals surface area contributed by atoms with Gasteiger partial charge in [-0.3, -0.25) is 19.2 Å². The van der Waals surface area contributed by atoms with E-state index in [1.165, 1.54) is 12.5 Å². The van der Waals surface area contributed by atoms with Crippen LogP contribution in [0.3, 0.4) is 0 Å². The lowest BCUT2D eigenvalue weighted by Gasteiger charge is -2.28. The first-order valence-electron chi connectivity index (χ1n) is 9.83. The molecule has 1 aromatic rings. The molecule has 1 aliphatic heterocycles. The highest BCUT2D eigenvalue weighted by atomic mass is 16.4. The summed E-state index contributed by atoms with van der Waals surface area (Å²) >= 11 is 0. The maximum Gasteiger partial charge on any atom is 0.326 e. The second kappa shape index (κ2) is 11.2. The molecule has 0 radical (unpaired) electrons. The molecule has 8 N–H and O–H groups in total. The first-order chi connectivity index (χ1) is 15.1. The van der Waals surface area contributed by atoms with Crippen molar-refractivity contribution in [2.75, 3.05) is 13.2 Å². The average Bonchev–Trinajstić information content (AvgIpc) is 3.41. The van der Waals surface area contributed by atoms with Crippen LogP contribution in [0.5, 0.6) is 0 Å². The number of likely N-dealkylation sites (tertiary alicyclic amines) is 1. The molecule has 1 aromatic heterocycles. The van der Waals surface area contributed by atoms with E-state index in [1.54, 1.807) is 0 Å². The number of rotatable bonds is 11. The number of nitrogens with zero attached hydrogens (tertiary/aromatic N) is 2. The zero-order valence-corrected chi connectivity index (χ0v) is 17.1. The number of hydrogen-bond donors (Lipinski definition) is 7. The van der Waals surface area contributed by atoms with Crippen molar-refractivity contribution in [1.29, 1.82) is 0 Å². The summed E-state index contributed by atoms with van der Waals surface area (Å²) in [5, 5.41) is 32.3. The van der Waals surface area contributed by atoms with Crippen LogP contribution in [-0.4, -0.2) is 97.2 Å². The van der Waals surface area contributed by atoms with E-state index in [9.17, 15) is 34.2 Å². The number of carbonyl (C=O) groups excluding carboxylic acids is 3. The van der Waals surface area contributed by atoms with Crippen molar-refractivity contribution in [1.82, 2.24) is 25.5 Å². The highest BCUT2D eigenvalue weighted by Gasteiger charge is 2.38. The zero-order valence-electron chi connectivity index (χ0n) is 17.1. The quantitative estimate of drug-likeness (QED) is 0.177. The smallest absolute Gasteiger partial charge is 0.326 e. The number of nitrogens with two attached hydrogens (primary N) is 1. The molecule has 1 saturated heterocycles. The molecule has 0 aromatic carbocycles. The van der Waals surface area contributed by atoms with Crippen LogP contribution in [0, 0.1) is 0 Å². The molecular formula is C18H26N6O8. The summed E-state index contributed by atoms with van der Waals surface area (Å²) in [6.45, 7) is -0.626. The number of carboxylic acid groups (broad SMARTS) is 2. The fourth-order valence-corrected chi connectivity index (χ4v) is 3.34. The van der Waals surface area contributed by atoms with E-state index in [2.05, 4.69) is 20.6 Å². The van der Waals surface area contributed by atoms with Crippen molar-refractivity contribution in [3.05, 3.63) is 18.2 Å². The zero-order chi connectivity index (χ0) is 23.8. The van der Waals surface area contributed by atoms with Crippen LogP contribution in [-0.2, 0) is 30.4 Å². The van der Waals surface area contributed by atoms with Crippen LogP contribution in [0.1, 0.15) is 25.0 Å². The van der Waals surface area contributed by atoms with E-state index >= 15 is 0 Å². The van der Waals surface area contributed by atoms with E-state index in [-0.39, 0.29) is 19.4 Å². The van der Waals surface area contributed by atoms with E-state index in [1.807, 2.05) is 0 Å². The van der Waals surface area contributed by atoms with Gasteiger partial charge in [-0.15, -0.1) is 0 Å². The van der Waals surface area contributed by atoms with Gasteiger partial charge in [0.2, 0.25) is 17.7 Å². The summed E-state index contributed by atoms with van der Waals surface area (Å²) in [7, 11) is 0. The molecule has 4 atom stereocenters. The summed E-state index contributed by atoms with van der Waals surface area (Å²) in [6, 6.07) is -5.12. The summed E-state index contributed by atoms with van der Waals surface area (Å²) < 4.78 is 0. The second-order valence-electron chi connectivity index (χ2n) is 7.32. The molecule has 4 unspecified atom stereocenters. The molecule has 2 rings (SSSR count). The molecule has 32 heavy (non-hydrogen) atoms. The number of aliphatic carboxylic acids is 2. The first kappa shape index (κ1) is 24.7. The molecule has 3 amide bonds. The maximum atomic E-state index is 12.7. The summed E-state index contributed by atoms with van der Waals surface area (Å²) in [4.78, 5) is 67.4. The second-order valence-corrected chi connectivity index (χ2v) is 7.32. The van der Waals surface area contributed by atoms with Crippen LogP contribution in [0.15, 0.2) is 12.5 Å². The Kier molecular flexibility index (Phi) is 8.66. The highest BCUT2D eigenvalue weighted by molar-refractivity contribution is 5.95. The lowest BCUT2D eigenvalue weighted by molar-refractivity contribution is -0.144. The number of imidazole rings is 1. The number of amides is 3. The van der Waals surface area contributed by atoms with Crippen LogP contribution in [0.25, 0.3) is 0 Å². The van der Waals surface area contributed by atoms with Gasteiger partial charge in [0.1, 0.15) is 18.1 Å². The molecular weight excluding hydrogens is 428 g/mol. The maximum absolute atomic E-state index is 12.7. The van der Waals surface area contributed by atoms with Gasteiger partial charge >= 0.3 is 11.9 Å². The predicted octanol–water partition coefficient (Wildman–Crippen LogP) is -3.21. The number of carbonyl (C=O) groups is 5. The molecule has 2 heterocycles. The number of aliphatic hydroxyl groups excluding tert-OH is 1. The van der Waals surface area contributed by atoms with Crippen LogP contribution >= 0.6 is 0 Å². The molecule has 14 heteroatoms. The Morgan fingerprint density at radius 1 is 1.22 bits per heavy atom. The number of aromatic nitrogens is 2. The van der Waals surface area contributed by atoms with Gasteiger partial charge in [-0.25, -0.2) is 9.78 Å². The number of aromatic amines is 1. The van der Waals surface area contributed by atoms with Gasteiger partial charge in [-0.1, -0.05) is 0 Å². The Balaban J connectivity index is 2.00. The van der Waals surface area contributed by atoms with Crippen molar-refractivity contribution in [2.45, 2.75) is 49.9 Å². The summed E-state index contributed by atoms with van der Waals surface area (Å²) in [6.07, 6.45) is 2.77. The van der Waals surface area contributed by atoms with Crippen molar-refractivity contribution in [3.63, 3.8) is 0 Å². The van der Waals surface area contributed by atoms with E-state index < -0.39 is 66.9 Å². The predicted molar refractivity (Wildman–Crippen MR) is 106 cm³/mol. The average molecular weight is 454 g/mol. The van der Waals surface area contributed by atoms with Gasteiger partial charge in [0.25, 0.3) is 0 Å². The lowest BCUT2D eigenvalue weighted by atomic mass is 10.1. The minimum Gasteiger partial charge on any atom is -0.481 e.